The van der Waals surface area contributed by atoms with E-state index >= 15 is 0 Å². The normalized spacial score (nSPS) is 11.3. The van der Waals surface area contributed by atoms with Gasteiger partial charge in [0.1, 0.15) is 28.3 Å². The Labute approximate surface area is 210 Å². The summed E-state index contributed by atoms with van der Waals surface area (Å²) in [5, 5.41) is 12.9. The maximum atomic E-state index is 12.4. The number of hydrogen-bond donors (Lipinski definition) is 1. The Morgan fingerprint density at radius 2 is 1.77 bits per heavy atom. The van der Waals surface area contributed by atoms with Gasteiger partial charge in [-0.1, -0.05) is 23.2 Å². The molecule has 5 rings (SSSR count). The predicted molar refractivity (Wildman–Crippen MR) is 137 cm³/mol. The van der Waals surface area contributed by atoms with Gasteiger partial charge < -0.3 is 14.5 Å². The first-order valence-corrected chi connectivity index (χ1v) is 11.3. The Hall–Kier alpha value is -4.07. The number of halogens is 2. The van der Waals surface area contributed by atoms with Crippen LogP contribution in [0.15, 0.2) is 83.3 Å². The number of benzene rings is 3. The molecule has 1 N–H and O–H groups in total. The minimum atomic E-state index is -0.303. The highest BCUT2D eigenvalue weighted by molar-refractivity contribution is 6.32. The number of fused-ring (bicyclic) bond motifs is 1. The summed E-state index contributed by atoms with van der Waals surface area (Å²) in [5.41, 5.74) is 3.48. The van der Waals surface area contributed by atoms with Crippen LogP contribution in [0.4, 0.5) is 5.69 Å². The molecule has 2 aromatic heterocycles. The number of anilines is 1. The smallest absolute Gasteiger partial charge is 0.248 e. The minimum absolute atomic E-state index is 0.303. The van der Waals surface area contributed by atoms with Gasteiger partial charge in [-0.25, -0.2) is 0 Å². The van der Waals surface area contributed by atoms with Gasteiger partial charge in [0.25, 0.3) is 0 Å². The molecule has 0 atom stereocenters. The van der Waals surface area contributed by atoms with E-state index in [2.05, 4.69) is 15.5 Å². The Balaban J connectivity index is 1.28. The van der Waals surface area contributed by atoms with E-state index in [0.29, 0.717) is 49.7 Å². The van der Waals surface area contributed by atoms with Gasteiger partial charge in [0.2, 0.25) is 5.91 Å². The molecule has 5 aromatic rings. The van der Waals surface area contributed by atoms with Crippen molar-refractivity contribution in [2.45, 2.75) is 0 Å². The molecule has 2 heterocycles. The number of nitrogens with zero attached hydrogens (tertiary/aromatic N) is 3. The fourth-order valence-electron chi connectivity index (χ4n) is 3.44. The summed E-state index contributed by atoms with van der Waals surface area (Å²) >= 11 is 12.1. The molecule has 174 valence electrons. The molecule has 0 saturated carbocycles. The summed E-state index contributed by atoms with van der Waals surface area (Å²) < 4.78 is 11.0. The molecular weight excluding hydrogens is 487 g/mol. The Morgan fingerprint density at radius 3 is 2.54 bits per heavy atom. The van der Waals surface area contributed by atoms with Crippen LogP contribution in [0, 0.1) is 0 Å². The first-order valence-electron chi connectivity index (χ1n) is 10.5. The van der Waals surface area contributed by atoms with E-state index < -0.39 is 0 Å². The van der Waals surface area contributed by atoms with Crippen LogP contribution in [-0.2, 0) is 4.79 Å². The standard InChI is InChI=1S/C26H18Cl2N4O3/c1-34-25-11-7-19(15-21(25)28)32-30-22-10-6-18(14-23(22)31-32)29-26(33)13-9-20-8-12-24(35-20)16-2-4-17(27)5-3-16/h2-15H,1H3,(H,29,33)/b13-9+. The third kappa shape index (κ3) is 5.06. The summed E-state index contributed by atoms with van der Waals surface area (Å²) in [6, 6.07) is 21.6. The number of carbonyl (C=O) groups is 1. The van der Waals surface area contributed by atoms with Gasteiger partial charge in [0.15, 0.2) is 0 Å². The van der Waals surface area contributed by atoms with Gasteiger partial charge in [-0.05, 0) is 78.9 Å². The second-order valence-electron chi connectivity index (χ2n) is 7.54. The highest BCUT2D eigenvalue weighted by Gasteiger charge is 2.09. The molecule has 0 saturated heterocycles. The Kier molecular flexibility index (Phi) is 6.27. The fourth-order valence-corrected chi connectivity index (χ4v) is 3.82. The molecule has 3 aromatic carbocycles. The van der Waals surface area contributed by atoms with Gasteiger partial charge >= 0.3 is 0 Å². The van der Waals surface area contributed by atoms with Crippen molar-refractivity contribution in [2.24, 2.45) is 0 Å². The van der Waals surface area contributed by atoms with E-state index in [0.717, 1.165) is 5.56 Å². The van der Waals surface area contributed by atoms with Crippen LogP contribution in [0.25, 0.3) is 34.1 Å². The molecule has 0 aliphatic heterocycles. The van der Waals surface area contributed by atoms with Gasteiger partial charge in [-0.2, -0.15) is 4.80 Å². The third-order valence-corrected chi connectivity index (χ3v) is 5.72. The van der Waals surface area contributed by atoms with E-state index in [9.17, 15) is 4.79 Å². The van der Waals surface area contributed by atoms with Crippen molar-refractivity contribution >= 4 is 51.9 Å². The zero-order chi connectivity index (χ0) is 24.4. The van der Waals surface area contributed by atoms with E-state index in [1.54, 1.807) is 61.7 Å². The van der Waals surface area contributed by atoms with E-state index in [4.69, 9.17) is 32.4 Å². The monoisotopic (exact) mass is 504 g/mol. The zero-order valence-corrected chi connectivity index (χ0v) is 19.9. The molecular formula is C26H18Cl2N4O3. The highest BCUT2D eigenvalue weighted by Crippen LogP contribution is 2.27. The van der Waals surface area contributed by atoms with Crippen molar-refractivity contribution in [1.82, 2.24) is 15.0 Å². The number of amides is 1. The lowest BCUT2D eigenvalue weighted by Crippen LogP contribution is -2.07. The third-order valence-electron chi connectivity index (χ3n) is 5.17. The topological polar surface area (TPSA) is 82.2 Å². The lowest BCUT2D eigenvalue weighted by molar-refractivity contribution is -0.111. The molecule has 0 radical (unpaired) electrons. The van der Waals surface area contributed by atoms with Crippen molar-refractivity contribution in [3.05, 3.63) is 94.7 Å². The van der Waals surface area contributed by atoms with Gasteiger partial charge in [-0.15, -0.1) is 10.2 Å². The Morgan fingerprint density at radius 1 is 0.971 bits per heavy atom. The number of nitrogens with one attached hydrogen (secondary N) is 1. The number of aromatic nitrogens is 3. The largest absolute Gasteiger partial charge is 0.495 e. The fraction of sp³-hybridized carbons (Fsp3) is 0.0385. The van der Waals surface area contributed by atoms with Gasteiger partial charge in [0.05, 0.1) is 17.8 Å². The van der Waals surface area contributed by atoms with Crippen molar-refractivity contribution in [3.63, 3.8) is 0 Å². The maximum Gasteiger partial charge on any atom is 0.248 e. The molecule has 9 heteroatoms. The van der Waals surface area contributed by atoms with Crippen molar-refractivity contribution in [1.29, 1.82) is 0 Å². The zero-order valence-electron chi connectivity index (χ0n) is 18.4. The Bertz CT molecular complexity index is 1550. The average molecular weight is 505 g/mol. The van der Waals surface area contributed by atoms with Crippen LogP contribution in [0.3, 0.4) is 0 Å². The lowest BCUT2D eigenvalue weighted by atomic mass is 10.2. The maximum absolute atomic E-state index is 12.4. The molecule has 0 fully saturated rings. The van der Waals surface area contributed by atoms with E-state index in [-0.39, 0.29) is 5.91 Å². The summed E-state index contributed by atoms with van der Waals surface area (Å²) in [5.74, 6) is 1.51. The number of methoxy groups -OCH3 is 1. The highest BCUT2D eigenvalue weighted by atomic mass is 35.5. The molecule has 1 amide bonds. The predicted octanol–water partition coefficient (Wildman–Crippen LogP) is 6.65. The number of hydrogen-bond acceptors (Lipinski definition) is 5. The summed E-state index contributed by atoms with van der Waals surface area (Å²) in [6.07, 6.45) is 3.02. The van der Waals surface area contributed by atoms with Gasteiger partial charge in [0, 0.05) is 22.3 Å². The molecule has 0 aliphatic carbocycles. The van der Waals surface area contributed by atoms with Crippen LogP contribution in [-0.4, -0.2) is 28.0 Å². The van der Waals surface area contributed by atoms with Crippen LogP contribution in [0.2, 0.25) is 10.0 Å². The van der Waals surface area contributed by atoms with Crippen LogP contribution in [0.1, 0.15) is 5.76 Å². The van der Waals surface area contributed by atoms with Gasteiger partial charge in [-0.3, -0.25) is 4.79 Å². The second kappa shape index (κ2) is 9.66. The molecule has 0 aliphatic rings. The number of rotatable bonds is 6. The molecule has 7 nitrogen and oxygen atoms in total. The quantitative estimate of drug-likeness (QED) is 0.262. The molecule has 35 heavy (non-hydrogen) atoms. The van der Waals surface area contributed by atoms with Crippen molar-refractivity contribution in [2.75, 3.05) is 12.4 Å². The van der Waals surface area contributed by atoms with Crippen LogP contribution >= 0.6 is 23.2 Å². The first-order chi connectivity index (χ1) is 17.0. The van der Waals surface area contributed by atoms with E-state index in [1.807, 2.05) is 24.3 Å². The molecule has 0 bridgehead atoms. The average Bonchev–Trinajstić information content (AvgIpc) is 3.50. The van der Waals surface area contributed by atoms with Crippen LogP contribution in [0.5, 0.6) is 5.75 Å². The van der Waals surface area contributed by atoms with E-state index in [1.165, 1.54) is 10.9 Å². The van der Waals surface area contributed by atoms with Crippen molar-refractivity contribution in [3.8, 4) is 22.8 Å². The van der Waals surface area contributed by atoms with Crippen LogP contribution < -0.4 is 10.1 Å². The SMILES string of the molecule is COc1ccc(-n2nc3ccc(NC(=O)/C=C/c4ccc(-c5ccc(Cl)cc5)o4)cc3n2)cc1Cl. The number of carbonyl (C=O) groups excluding carboxylic acids is 1. The number of furan rings is 1. The minimum Gasteiger partial charge on any atom is -0.495 e. The summed E-state index contributed by atoms with van der Waals surface area (Å²) in [6.45, 7) is 0. The molecule has 0 unspecified atom stereocenters. The summed E-state index contributed by atoms with van der Waals surface area (Å²) in [7, 11) is 1.56. The van der Waals surface area contributed by atoms with Crippen molar-refractivity contribution < 1.29 is 13.9 Å². The number of ether oxygens (including phenoxy) is 1. The molecule has 0 spiro atoms. The second-order valence-corrected chi connectivity index (χ2v) is 8.39. The first kappa shape index (κ1) is 22.7. The lowest BCUT2D eigenvalue weighted by Gasteiger charge is -2.04. The summed E-state index contributed by atoms with van der Waals surface area (Å²) in [4.78, 5) is 13.9.